The molecular weight excluding hydrogens is 259 g/mol. The van der Waals surface area contributed by atoms with Crippen LogP contribution in [-0.4, -0.2) is 19.1 Å². The molecule has 0 saturated heterocycles. The Labute approximate surface area is 97.6 Å². The van der Waals surface area contributed by atoms with Crippen molar-refractivity contribution < 1.29 is 4.39 Å². The minimum atomic E-state index is -0.205. The number of nitrogens with one attached hydrogen (secondary N) is 1. The molecule has 0 spiro atoms. The molecule has 0 saturated carbocycles. The van der Waals surface area contributed by atoms with Gasteiger partial charge in [-0.15, -0.1) is 0 Å². The van der Waals surface area contributed by atoms with E-state index in [2.05, 4.69) is 40.0 Å². The number of nitrogens with zero attached hydrogens (tertiary/aromatic N) is 1. The molecule has 1 aromatic rings. The van der Waals surface area contributed by atoms with E-state index in [1.165, 1.54) is 0 Å². The van der Waals surface area contributed by atoms with Gasteiger partial charge >= 0.3 is 0 Å². The maximum atomic E-state index is 13.4. The molecule has 0 bridgehead atoms. The van der Waals surface area contributed by atoms with Gasteiger partial charge in [-0.2, -0.15) is 0 Å². The van der Waals surface area contributed by atoms with Crippen LogP contribution in [0.25, 0.3) is 0 Å². The summed E-state index contributed by atoms with van der Waals surface area (Å²) in [6, 6.07) is 3.79. The Hall–Kier alpha value is -0.770. The third-order valence-electron chi connectivity index (χ3n) is 2.64. The van der Waals surface area contributed by atoms with Gasteiger partial charge in [-0.05, 0) is 35.8 Å². The lowest BCUT2D eigenvalue weighted by Crippen LogP contribution is -2.38. The van der Waals surface area contributed by atoms with Crippen LogP contribution in [0.1, 0.15) is 13.8 Å². The number of hydrogen-bond acceptors (Lipinski definition) is 2. The van der Waals surface area contributed by atoms with E-state index >= 15 is 0 Å². The smallest absolute Gasteiger partial charge is 0.139 e. The van der Waals surface area contributed by atoms with Crippen LogP contribution in [-0.2, 0) is 0 Å². The second kappa shape index (κ2) is 4.00. The highest BCUT2D eigenvalue weighted by atomic mass is 79.9. The lowest BCUT2D eigenvalue weighted by Gasteiger charge is -2.35. The average molecular weight is 273 g/mol. The zero-order chi connectivity index (χ0) is 11.0. The molecule has 0 fully saturated rings. The highest BCUT2D eigenvalue weighted by molar-refractivity contribution is 9.10. The van der Waals surface area contributed by atoms with E-state index in [0.29, 0.717) is 10.5 Å². The second-order valence-electron chi connectivity index (χ2n) is 4.00. The highest BCUT2D eigenvalue weighted by Gasteiger charge is 2.20. The Morgan fingerprint density at radius 2 is 2.20 bits per heavy atom. The molecule has 1 heterocycles. The minimum absolute atomic E-state index is 0.205. The van der Waals surface area contributed by atoms with Crippen molar-refractivity contribution >= 4 is 27.3 Å². The summed E-state index contributed by atoms with van der Waals surface area (Å²) in [6.07, 6.45) is 0. The van der Waals surface area contributed by atoms with Crippen LogP contribution in [0.4, 0.5) is 15.8 Å². The van der Waals surface area contributed by atoms with Gasteiger partial charge in [-0.25, -0.2) is 4.39 Å². The predicted molar refractivity (Wildman–Crippen MR) is 65.1 cm³/mol. The summed E-state index contributed by atoms with van der Waals surface area (Å²) in [5.74, 6) is -0.205. The van der Waals surface area contributed by atoms with Crippen molar-refractivity contribution in [2.24, 2.45) is 0 Å². The Kier molecular flexibility index (Phi) is 2.87. The van der Waals surface area contributed by atoms with E-state index in [1.807, 2.05) is 0 Å². The fourth-order valence-corrected chi connectivity index (χ4v) is 2.23. The summed E-state index contributed by atoms with van der Waals surface area (Å²) in [7, 11) is 0. The Bertz CT molecular complexity index is 379. The maximum absolute atomic E-state index is 13.4. The fourth-order valence-electron chi connectivity index (χ4n) is 1.88. The van der Waals surface area contributed by atoms with Crippen LogP contribution in [0.15, 0.2) is 16.6 Å². The van der Waals surface area contributed by atoms with Gasteiger partial charge in [0, 0.05) is 25.2 Å². The molecule has 82 valence electrons. The molecule has 15 heavy (non-hydrogen) atoms. The normalized spacial score (nSPS) is 15.1. The van der Waals surface area contributed by atoms with Crippen molar-refractivity contribution in [3.63, 3.8) is 0 Å². The first-order chi connectivity index (χ1) is 7.09. The van der Waals surface area contributed by atoms with Gasteiger partial charge in [-0.3, -0.25) is 0 Å². The summed E-state index contributed by atoms with van der Waals surface area (Å²) in [5.41, 5.74) is 1.96. The van der Waals surface area contributed by atoms with E-state index in [4.69, 9.17) is 0 Å². The van der Waals surface area contributed by atoms with Crippen LogP contribution in [0.5, 0.6) is 0 Å². The van der Waals surface area contributed by atoms with Crippen molar-refractivity contribution in [3.8, 4) is 0 Å². The van der Waals surface area contributed by atoms with E-state index < -0.39 is 0 Å². The predicted octanol–water partition coefficient (Wildman–Crippen LogP) is 3.23. The van der Waals surface area contributed by atoms with Gasteiger partial charge in [0.15, 0.2) is 0 Å². The lowest BCUT2D eigenvalue weighted by atomic mass is 10.1. The third-order valence-corrected chi connectivity index (χ3v) is 3.25. The molecule has 2 rings (SSSR count). The molecule has 0 amide bonds. The van der Waals surface area contributed by atoms with Gasteiger partial charge in [-0.1, -0.05) is 0 Å². The maximum Gasteiger partial charge on any atom is 0.139 e. The molecule has 0 atom stereocenters. The van der Waals surface area contributed by atoms with E-state index in [1.54, 1.807) is 12.1 Å². The summed E-state index contributed by atoms with van der Waals surface area (Å²) in [6.45, 7) is 6.07. The quantitative estimate of drug-likeness (QED) is 0.845. The summed E-state index contributed by atoms with van der Waals surface area (Å²) in [4.78, 5) is 2.21. The van der Waals surface area contributed by atoms with Crippen LogP contribution >= 0.6 is 15.9 Å². The Morgan fingerprint density at radius 3 is 2.87 bits per heavy atom. The monoisotopic (exact) mass is 272 g/mol. The third kappa shape index (κ3) is 1.95. The van der Waals surface area contributed by atoms with E-state index in [0.717, 1.165) is 24.5 Å². The van der Waals surface area contributed by atoms with Crippen molar-refractivity contribution in [3.05, 3.63) is 22.4 Å². The molecule has 0 unspecified atom stereocenters. The topological polar surface area (TPSA) is 15.3 Å². The number of rotatable bonds is 1. The molecule has 1 N–H and O–H groups in total. The van der Waals surface area contributed by atoms with Gasteiger partial charge in [0.05, 0.1) is 15.8 Å². The Balaban J connectivity index is 2.47. The molecule has 2 nitrogen and oxygen atoms in total. The summed E-state index contributed by atoms with van der Waals surface area (Å²) in [5, 5.41) is 3.28. The minimum Gasteiger partial charge on any atom is -0.382 e. The number of fused-ring (bicyclic) bond motifs is 1. The van der Waals surface area contributed by atoms with Crippen LogP contribution in [0, 0.1) is 5.82 Å². The molecule has 4 heteroatoms. The van der Waals surface area contributed by atoms with Crippen molar-refractivity contribution in [2.45, 2.75) is 19.9 Å². The second-order valence-corrected chi connectivity index (χ2v) is 4.85. The lowest BCUT2D eigenvalue weighted by molar-refractivity contribution is 0.615. The van der Waals surface area contributed by atoms with Crippen LogP contribution < -0.4 is 10.2 Å². The first kappa shape index (κ1) is 10.7. The van der Waals surface area contributed by atoms with Crippen molar-refractivity contribution in [2.75, 3.05) is 23.3 Å². The molecule has 0 radical (unpaired) electrons. The molecule has 0 aromatic heterocycles. The molecule has 1 aromatic carbocycles. The number of halogens is 2. The SMILES string of the molecule is CC(C)N1CCNc2cc(Br)c(F)cc21. The van der Waals surface area contributed by atoms with Crippen molar-refractivity contribution in [1.82, 2.24) is 0 Å². The molecule has 0 aliphatic carbocycles. The molecule has 1 aliphatic heterocycles. The molecular formula is C11H14BrFN2. The molecule has 1 aliphatic rings. The summed E-state index contributed by atoms with van der Waals surface area (Å²) >= 11 is 3.20. The van der Waals surface area contributed by atoms with Crippen molar-refractivity contribution in [1.29, 1.82) is 0 Å². The van der Waals surface area contributed by atoms with E-state index in [9.17, 15) is 4.39 Å². The first-order valence-corrected chi connectivity index (χ1v) is 5.88. The Morgan fingerprint density at radius 1 is 1.47 bits per heavy atom. The number of anilines is 2. The van der Waals surface area contributed by atoms with Gasteiger partial charge in [0.25, 0.3) is 0 Å². The zero-order valence-electron chi connectivity index (χ0n) is 8.85. The summed E-state index contributed by atoms with van der Waals surface area (Å²) < 4.78 is 14.0. The highest BCUT2D eigenvalue weighted by Crippen LogP contribution is 2.34. The van der Waals surface area contributed by atoms with Gasteiger partial charge in [0.2, 0.25) is 0 Å². The average Bonchev–Trinajstić information content (AvgIpc) is 2.18. The standard InChI is InChI=1S/C11H14BrFN2/c1-7(2)15-4-3-14-10-5-8(12)9(13)6-11(10)15/h5-7,14H,3-4H2,1-2H3. The largest absolute Gasteiger partial charge is 0.382 e. The van der Waals surface area contributed by atoms with E-state index in [-0.39, 0.29) is 5.82 Å². The van der Waals surface area contributed by atoms with Crippen LogP contribution in [0.2, 0.25) is 0 Å². The number of benzene rings is 1. The van der Waals surface area contributed by atoms with Crippen LogP contribution in [0.3, 0.4) is 0 Å². The zero-order valence-corrected chi connectivity index (χ0v) is 10.4. The first-order valence-electron chi connectivity index (χ1n) is 5.09. The number of hydrogen-bond donors (Lipinski definition) is 1. The van der Waals surface area contributed by atoms with Gasteiger partial charge in [0.1, 0.15) is 5.82 Å². The van der Waals surface area contributed by atoms with Gasteiger partial charge < -0.3 is 10.2 Å². The fraction of sp³-hybridized carbons (Fsp3) is 0.455.